The summed E-state index contributed by atoms with van der Waals surface area (Å²) in [7, 11) is 0. The highest BCUT2D eigenvalue weighted by Gasteiger charge is 2.35. The number of amides is 2. The molecular formula is C33H44N8O4. The number of hydrogen-bond donors (Lipinski definition) is 4. The largest absolute Gasteiger partial charge is 0.444 e. The lowest BCUT2D eigenvalue weighted by atomic mass is 10.1. The minimum Gasteiger partial charge on any atom is -0.444 e. The Morgan fingerprint density at radius 1 is 1.09 bits per heavy atom. The zero-order valence-electron chi connectivity index (χ0n) is 27.1. The Bertz CT molecular complexity index is 1570. The minimum atomic E-state index is -0.583. The van der Waals surface area contributed by atoms with Crippen LogP contribution in [0, 0.1) is 0 Å². The Labute approximate surface area is 264 Å². The predicted molar refractivity (Wildman–Crippen MR) is 175 cm³/mol. The molecule has 2 atom stereocenters. The van der Waals surface area contributed by atoms with E-state index in [0.717, 1.165) is 29.7 Å². The SMILES string of the molecule is C=C(/N=C\C(=C/N)c1cnc([C@@H]2CCCN2C(=O)OC(C)(C)C)[nH]1)c1ccc(-c2cnc([C@H](C)NC(=O)OC(C)(C)C)[nH]2)cc1. The summed E-state index contributed by atoms with van der Waals surface area (Å²) in [5.74, 6) is 1.29. The van der Waals surface area contributed by atoms with Crippen molar-refractivity contribution in [1.82, 2.24) is 30.2 Å². The highest BCUT2D eigenvalue weighted by molar-refractivity contribution is 6.10. The van der Waals surface area contributed by atoms with Crippen LogP contribution in [0.25, 0.3) is 22.5 Å². The second-order valence-corrected chi connectivity index (χ2v) is 13.0. The predicted octanol–water partition coefficient (Wildman–Crippen LogP) is 6.50. The molecule has 1 aliphatic rings. The number of benzene rings is 1. The fourth-order valence-electron chi connectivity index (χ4n) is 4.77. The van der Waals surface area contributed by atoms with E-state index in [0.29, 0.717) is 35.2 Å². The number of aromatic nitrogens is 4. The Morgan fingerprint density at radius 2 is 1.78 bits per heavy atom. The molecule has 2 amide bonds. The van der Waals surface area contributed by atoms with Crippen molar-refractivity contribution in [3.63, 3.8) is 0 Å². The van der Waals surface area contributed by atoms with Gasteiger partial charge in [-0.2, -0.15) is 0 Å². The number of hydrogen-bond acceptors (Lipinski definition) is 8. The van der Waals surface area contributed by atoms with Gasteiger partial charge in [-0.15, -0.1) is 0 Å². The van der Waals surface area contributed by atoms with Crippen LogP contribution < -0.4 is 11.1 Å². The molecule has 0 unspecified atom stereocenters. The van der Waals surface area contributed by atoms with E-state index in [9.17, 15) is 9.59 Å². The maximum absolute atomic E-state index is 12.7. The monoisotopic (exact) mass is 616 g/mol. The molecule has 5 N–H and O–H groups in total. The molecule has 4 rings (SSSR count). The Kier molecular flexibility index (Phi) is 9.84. The number of nitrogens with zero attached hydrogens (tertiary/aromatic N) is 4. The molecule has 12 heteroatoms. The number of aliphatic imine (C=N–C) groups is 1. The summed E-state index contributed by atoms with van der Waals surface area (Å²) in [5.41, 5.74) is 9.20. The maximum Gasteiger partial charge on any atom is 0.410 e. The third-order valence-electron chi connectivity index (χ3n) is 6.91. The summed E-state index contributed by atoms with van der Waals surface area (Å²) in [5, 5.41) is 2.79. The fourth-order valence-corrected chi connectivity index (χ4v) is 4.77. The first kappa shape index (κ1) is 33.0. The van der Waals surface area contributed by atoms with E-state index >= 15 is 0 Å². The van der Waals surface area contributed by atoms with Crippen LogP contribution in [-0.2, 0) is 9.47 Å². The van der Waals surface area contributed by atoms with Crippen LogP contribution >= 0.6 is 0 Å². The van der Waals surface area contributed by atoms with Crippen LogP contribution in [0.5, 0.6) is 0 Å². The fraction of sp³-hybridized carbons (Fsp3) is 0.424. The second-order valence-electron chi connectivity index (χ2n) is 13.0. The number of alkyl carbamates (subject to hydrolysis) is 1. The Balaban J connectivity index is 1.38. The van der Waals surface area contributed by atoms with Gasteiger partial charge in [-0.1, -0.05) is 30.8 Å². The van der Waals surface area contributed by atoms with Crippen LogP contribution in [0.4, 0.5) is 9.59 Å². The van der Waals surface area contributed by atoms with E-state index in [1.165, 1.54) is 6.20 Å². The van der Waals surface area contributed by atoms with Gasteiger partial charge in [0, 0.05) is 24.5 Å². The molecule has 45 heavy (non-hydrogen) atoms. The minimum absolute atomic E-state index is 0.201. The van der Waals surface area contributed by atoms with Crippen LogP contribution in [0.2, 0.25) is 0 Å². The van der Waals surface area contributed by atoms with Crippen molar-refractivity contribution in [1.29, 1.82) is 0 Å². The zero-order chi connectivity index (χ0) is 32.9. The van der Waals surface area contributed by atoms with Crippen molar-refractivity contribution < 1.29 is 19.1 Å². The number of aromatic amines is 2. The van der Waals surface area contributed by atoms with Gasteiger partial charge in [0.15, 0.2) is 0 Å². The zero-order valence-corrected chi connectivity index (χ0v) is 27.1. The second kappa shape index (κ2) is 13.4. The number of H-pyrrole nitrogens is 2. The normalized spacial score (nSPS) is 16.6. The number of carbonyl (C=O) groups is 2. The Morgan fingerprint density at radius 3 is 2.42 bits per heavy atom. The molecule has 2 aromatic heterocycles. The van der Waals surface area contributed by atoms with Crippen LogP contribution in [0.15, 0.2) is 54.4 Å². The third kappa shape index (κ3) is 8.84. The smallest absolute Gasteiger partial charge is 0.410 e. The molecule has 12 nitrogen and oxygen atoms in total. The number of nitrogens with one attached hydrogen (secondary N) is 3. The van der Waals surface area contributed by atoms with E-state index < -0.39 is 17.3 Å². The van der Waals surface area contributed by atoms with Gasteiger partial charge in [0.25, 0.3) is 0 Å². The van der Waals surface area contributed by atoms with E-state index in [2.05, 4.69) is 36.8 Å². The molecule has 0 saturated carbocycles. The lowest BCUT2D eigenvalue weighted by molar-refractivity contribution is 0.0218. The van der Waals surface area contributed by atoms with E-state index in [-0.39, 0.29) is 18.2 Å². The molecule has 0 spiro atoms. The van der Waals surface area contributed by atoms with Gasteiger partial charge in [-0.05, 0) is 72.4 Å². The van der Waals surface area contributed by atoms with Gasteiger partial charge in [0.05, 0.1) is 41.6 Å². The molecule has 1 aromatic carbocycles. The quantitative estimate of drug-likeness (QED) is 0.210. The maximum atomic E-state index is 12.7. The summed E-state index contributed by atoms with van der Waals surface area (Å²) in [6, 6.07) is 7.16. The van der Waals surface area contributed by atoms with Crippen molar-refractivity contribution >= 4 is 29.7 Å². The number of likely N-dealkylation sites (tertiary alicyclic amines) is 1. The summed E-state index contributed by atoms with van der Waals surface area (Å²) in [4.78, 5) is 46.6. The first-order valence-electron chi connectivity index (χ1n) is 15.0. The van der Waals surface area contributed by atoms with E-state index in [4.69, 9.17) is 15.2 Å². The average molecular weight is 617 g/mol. The van der Waals surface area contributed by atoms with Gasteiger partial charge in [0.2, 0.25) is 0 Å². The highest BCUT2D eigenvalue weighted by atomic mass is 16.6. The molecule has 1 fully saturated rings. The molecular weight excluding hydrogens is 572 g/mol. The highest BCUT2D eigenvalue weighted by Crippen LogP contribution is 2.32. The van der Waals surface area contributed by atoms with Gasteiger partial charge >= 0.3 is 12.2 Å². The van der Waals surface area contributed by atoms with Crippen molar-refractivity contribution in [2.75, 3.05) is 6.54 Å². The number of rotatable bonds is 8. The number of imidazole rings is 2. The van der Waals surface area contributed by atoms with Gasteiger partial charge in [-0.3, -0.25) is 9.89 Å². The van der Waals surface area contributed by atoms with Crippen molar-refractivity contribution in [2.24, 2.45) is 10.7 Å². The average Bonchev–Trinajstić information content (AvgIpc) is 3.72. The molecule has 0 aliphatic carbocycles. The van der Waals surface area contributed by atoms with Crippen LogP contribution in [0.1, 0.15) is 96.3 Å². The first-order chi connectivity index (χ1) is 21.1. The lowest BCUT2D eigenvalue weighted by Gasteiger charge is -2.27. The van der Waals surface area contributed by atoms with Crippen molar-refractivity contribution in [2.45, 2.75) is 84.6 Å². The van der Waals surface area contributed by atoms with Gasteiger partial charge < -0.3 is 30.5 Å². The van der Waals surface area contributed by atoms with Crippen molar-refractivity contribution in [3.8, 4) is 11.3 Å². The number of nitrogens with two attached hydrogens (primary N) is 1. The number of allylic oxidation sites excluding steroid dienone is 1. The Hall–Kier alpha value is -4.87. The molecule has 0 bridgehead atoms. The summed E-state index contributed by atoms with van der Waals surface area (Å²) in [6.45, 7) is 17.6. The molecule has 1 aliphatic heterocycles. The van der Waals surface area contributed by atoms with E-state index in [1.807, 2.05) is 72.7 Å². The summed E-state index contributed by atoms with van der Waals surface area (Å²) < 4.78 is 10.9. The first-order valence-corrected chi connectivity index (χ1v) is 15.0. The molecule has 3 aromatic rings. The molecule has 240 valence electrons. The summed E-state index contributed by atoms with van der Waals surface area (Å²) in [6.07, 6.45) is 7.29. The molecule has 1 saturated heterocycles. The molecule has 3 heterocycles. The topological polar surface area (TPSA) is 164 Å². The lowest BCUT2D eigenvalue weighted by Crippen LogP contribution is -2.36. The van der Waals surface area contributed by atoms with E-state index in [1.54, 1.807) is 23.5 Å². The third-order valence-corrected chi connectivity index (χ3v) is 6.91. The summed E-state index contributed by atoms with van der Waals surface area (Å²) >= 11 is 0. The van der Waals surface area contributed by atoms with Gasteiger partial charge in [-0.25, -0.2) is 19.6 Å². The van der Waals surface area contributed by atoms with Crippen LogP contribution in [0.3, 0.4) is 0 Å². The molecule has 0 radical (unpaired) electrons. The van der Waals surface area contributed by atoms with Crippen molar-refractivity contribution in [3.05, 3.63) is 72.3 Å². The number of ether oxygens (including phenoxy) is 2. The standard InChI is InChI=1S/C33H44N8O4/c1-20(22-11-13-23(14-12-22)25-18-36-28(39-25)21(2)38-30(42)44-32(3,4)5)35-17-24(16-34)26-19-37-29(40-26)27-10-9-15-41(27)31(43)45-33(6,7)8/h11-14,16-19,21,27H,1,9-10,15,34H2,2-8H3,(H,36,39)(H,37,40)(H,38,42)/b24-16+,35-17-/t21-,27-/m0/s1. The van der Waals surface area contributed by atoms with Gasteiger partial charge in [0.1, 0.15) is 22.9 Å². The number of carbonyl (C=O) groups excluding carboxylic acids is 2. The van der Waals surface area contributed by atoms with Crippen LogP contribution in [-0.4, -0.2) is 61.0 Å².